The van der Waals surface area contributed by atoms with Crippen molar-refractivity contribution in [2.75, 3.05) is 0 Å². The highest BCUT2D eigenvalue weighted by Crippen LogP contribution is 2.45. The molecule has 1 heterocycles. The summed E-state index contributed by atoms with van der Waals surface area (Å²) in [5.74, 6) is -0.808. The molecule has 0 spiro atoms. The van der Waals surface area contributed by atoms with Crippen LogP contribution in [-0.4, -0.2) is 6.11 Å². The second-order valence-corrected chi connectivity index (χ2v) is 6.83. The Balaban J connectivity index is 1.69. The van der Waals surface area contributed by atoms with E-state index in [1.165, 1.54) is 0 Å². The minimum atomic E-state index is -3.28. The molecule has 0 aliphatic carbocycles. The highest BCUT2D eigenvalue weighted by Gasteiger charge is 2.47. The summed E-state index contributed by atoms with van der Waals surface area (Å²) in [6.45, 7) is 3.87. The van der Waals surface area contributed by atoms with Gasteiger partial charge in [0.1, 0.15) is 5.75 Å². The summed E-state index contributed by atoms with van der Waals surface area (Å²) in [5, 5.41) is 0. The van der Waals surface area contributed by atoms with Crippen molar-refractivity contribution in [2.24, 2.45) is 0 Å². The van der Waals surface area contributed by atoms with E-state index in [0.717, 1.165) is 27.8 Å². The van der Waals surface area contributed by atoms with Crippen LogP contribution in [0.4, 0.5) is 8.78 Å². The van der Waals surface area contributed by atoms with Gasteiger partial charge in [0.15, 0.2) is 0 Å². The van der Waals surface area contributed by atoms with E-state index in [-0.39, 0.29) is 12.2 Å². The Bertz CT molecular complexity index is 927. The lowest BCUT2D eigenvalue weighted by Gasteiger charge is -2.32. The molecule has 26 heavy (non-hydrogen) atoms. The van der Waals surface area contributed by atoms with Gasteiger partial charge in [-0.3, -0.25) is 0 Å². The molecule has 3 aromatic rings. The zero-order valence-electron chi connectivity index (χ0n) is 14.6. The SMILES string of the molecule is Cc1c#cc(C2Cc3ccc(-c4ccc(C)cc4)cc3OC2(F)F)cc1. The molecule has 0 fully saturated rings. The number of ether oxygens (including phenoxy) is 1. The predicted molar refractivity (Wildman–Crippen MR) is 97.5 cm³/mol. The van der Waals surface area contributed by atoms with Crippen molar-refractivity contribution in [3.63, 3.8) is 0 Å². The normalized spacial score (nSPS) is 17.8. The van der Waals surface area contributed by atoms with Gasteiger partial charge in [0.25, 0.3) is 0 Å². The van der Waals surface area contributed by atoms with Gasteiger partial charge in [-0.25, -0.2) is 0 Å². The Morgan fingerprint density at radius 2 is 1.65 bits per heavy atom. The first kappa shape index (κ1) is 16.6. The summed E-state index contributed by atoms with van der Waals surface area (Å²) < 4.78 is 34.5. The first-order valence-corrected chi connectivity index (χ1v) is 8.60. The van der Waals surface area contributed by atoms with E-state index in [1.807, 2.05) is 50.2 Å². The first-order chi connectivity index (χ1) is 12.4. The van der Waals surface area contributed by atoms with Crippen LogP contribution in [0.1, 0.15) is 28.2 Å². The number of hydrogen-bond donors (Lipinski definition) is 0. The maximum Gasteiger partial charge on any atom is 0.405 e. The first-order valence-electron chi connectivity index (χ1n) is 8.60. The smallest absolute Gasteiger partial charge is 0.405 e. The van der Waals surface area contributed by atoms with Crippen LogP contribution in [-0.2, 0) is 6.42 Å². The summed E-state index contributed by atoms with van der Waals surface area (Å²) in [6.07, 6.45) is -3.07. The molecular formula is C23H18F2O. The van der Waals surface area contributed by atoms with Gasteiger partial charge in [-0.2, -0.15) is 8.78 Å². The van der Waals surface area contributed by atoms with Gasteiger partial charge in [0, 0.05) is 5.56 Å². The van der Waals surface area contributed by atoms with E-state index in [0.29, 0.717) is 5.56 Å². The molecule has 0 saturated carbocycles. The minimum Gasteiger partial charge on any atom is -0.432 e. The number of benzene rings is 2. The summed E-state index contributed by atoms with van der Waals surface area (Å²) >= 11 is 0. The standard InChI is InChI=1S/C23H18F2O/c1-15-3-7-17(8-4-15)19-11-12-20-13-21(18-9-5-16(2)6-10-18)23(24,25)26-22(20)14-19/h3-5,7-9,11-12,14,21H,13H2,1-2H3. The van der Waals surface area contributed by atoms with Crippen LogP contribution < -0.4 is 4.74 Å². The molecule has 1 atom stereocenters. The maximum atomic E-state index is 14.7. The molecule has 3 heteroatoms. The largest absolute Gasteiger partial charge is 0.432 e. The van der Waals surface area contributed by atoms with Gasteiger partial charge in [-0.05, 0) is 60.7 Å². The predicted octanol–water partition coefficient (Wildman–Crippen LogP) is 5.88. The average molecular weight is 348 g/mol. The number of hydrogen-bond acceptors (Lipinski definition) is 1. The summed E-state index contributed by atoms with van der Waals surface area (Å²) in [4.78, 5) is 0. The molecule has 3 aromatic carbocycles. The lowest BCUT2D eigenvalue weighted by atomic mass is 9.88. The topological polar surface area (TPSA) is 9.23 Å². The summed E-state index contributed by atoms with van der Waals surface area (Å²) in [6, 6.07) is 22.7. The molecule has 0 N–H and O–H groups in total. The van der Waals surface area contributed by atoms with Gasteiger partial charge in [0.05, 0.1) is 5.92 Å². The van der Waals surface area contributed by atoms with Gasteiger partial charge in [-0.1, -0.05) is 54.1 Å². The van der Waals surface area contributed by atoms with Crippen LogP contribution in [0.25, 0.3) is 11.1 Å². The van der Waals surface area contributed by atoms with Crippen molar-refractivity contribution in [3.05, 3.63) is 89.0 Å². The van der Waals surface area contributed by atoms with Gasteiger partial charge in [0.2, 0.25) is 0 Å². The lowest BCUT2D eigenvalue weighted by molar-refractivity contribution is -0.201. The maximum absolute atomic E-state index is 14.7. The molecule has 4 rings (SSSR count). The van der Waals surface area contributed by atoms with Gasteiger partial charge >= 0.3 is 6.11 Å². The third-order valence-corrected chi connectivity index (χ3v) is 4.82. The van der Waals surface area contributed by atoms with Crippen LogP contribution in [0, 0.1) is 26.0 Å². The Labute approximate surface area is 152 Å². The molecule has 1 unspecified atom stereocenters. The fourth-order valence-corrected chi connectivity index (χ4v) is 3.26. The number of alkyl halides is 2. The Morgan fingerprint density at radius 1 is 0.923 bits per heavy atom. The third-order valence-electron chi connectivity index (χ3n) is 4.82. The molecule has 0 aromatic heterocycles. The Kier molecular flexibility index (Phi) is 3.92. The second-order valence-electron chi connectivity index (χ2n) is 6.83. The van der Waals surface area contributed by atoms with E-state index in [9.17, 15) is 8.78 Å². The van der Waals surface area contributed by atoms with Crippen LogP contribution in [0.2, 0.25) is 0 Å². The van der Waals surface area contributed by atoms with Crippen molar-refractivity contribution < 1.29 is 13.5 Å². The number of aryl methyl sites for hydroxylation is 2. The van der Waals surface area contributed by atoms with Gasteiger partial charge < -0.3 is 4.74 Å². The van der Waals surface area contributed by atoms with Crippen LogP contribution in [0.5, 0.6) is 5.75 Å². The molecule has 0 amide bonds. The van der Waals surface area contributed by atoms with E-state index in [4.69, 9.17) is 4.74 Å². The molecule has 1 aliphatic rings. The summed E-state index contributed by atoms with van der Waals surface area (Å²) in [7, 11) is 0. The number of fused-ring (bicyclic) bond motifs is 1. The second kappa shape index (κ2) is 6.14. The molecule has 0 bridgehead atoms. The van der Waals surface area contributed by atoms with Crippen molar-refractivity contribution in [3.8, 4) is 16.9 Å². The Hall–Kier alpha value is -2.86. The van der Waals surface area contributed by atoms with Crippen molar-refractivity contribution in [1.82, 2.24) is 0 Å². The fourth-order valence-electron chi connectivity index (χ4n) is 3.26. The Morgan fingerprint density at radius 3 is 2.35 bits per heavy atom. The summed E-state index contributed by atoms with van der Waals surface area (Å²) in [5.41, 5.74) is 5.09. The van der Waals surface area contributed by atoms with Crippen molar-refractivity contribution in [2.45, 2.75) is 32.3 Å². The van der Waals surface area contributed by atoms with E-state index in [2.05, 4.69) is 12.1 Å². The molecule has 1 aliphatic heterocycles. The monoisotopic (exact) mass is 348 g/mol. The third kappa shape index (κ3) is 3.04. The minimum absolute atomic E-state index is 0.212. The fraction of sp³-hybridized carbons (Fsp3) is 0.217. The van der Waals surface area contributed by atoms with Crippen LogP contribution in [0.3, 0.4) is 0 Å². The lowest BCUT2D eigenvalue weighted by Crippen LogP contribution is -2.38. The quantitative estimate of drug-likeness (QED) is 0.562. The van der Waals surface area contributed by atoms with E-state index >= 15 is 0 Å². The average Bonchev–Trinajstić information content (AvgIpc) is 2.61. The van der Waals surface area contributed by atoms with E-state index < -0.39 is 12.0 Å². The van der Waals surface area contributed by atoms with E-state index in [1.54, 1.807) is 18.2 Å². The molecule has 130 valence electrons. The molecule has 0 radical (unpaired) electrons. The highest BCUT2D eigenvalue weighted by atomic mass is 19.3. The molecular weight excluding hydrogens is 330 g/mol. The number of halogens is 2. The highest BCUT2D eigenvalue weighted by molar-refractivity contribution is 5.66. The molecule has 0 saturated heterocycles. The van der Waals surface area contributed by atoms with Gasteiger partial charge in [-0.15, -0.1) is 0 Å². The van der Waals surface area contributed by atoms with Crippen LogP contribution in [0.15, 0.2) is 54.6 Å². The van der Waals surface area contributed by atoms with Crippen molar-refractivity contribution >= 4 is 0 Å². The molecule has 1 nitrogen and oxygen atoms in total. The number of rotatable bonds is 2. The zero-order chi connectivity index (χ0) is 18.3. The zero-order valence-corrected chi connectivity index (χ0v) is 14.6. The van der Waals surface area contributed by atoms with Crippen LogP contribution >= 0.6 is 0 Å². The van der Waals surface area contributed by atoms with Crippen molar-refractivity contribution in [1.29, 1.82) is 0 Å².